The van der Waals surface area contributed by atoms with Crippen LogP contribution in [0.15, 0.2) is 44.3 Å². The van der Waals surface area contributed by atoms with E-state index < -0.39 is 0 Å². The van der Waals surface area contributed by atoms with Crippen molar-refractivity contribution in [3.05, 3.63) is 47.8 Å². The summed E-state index contributed by atoms with van der Waals surface area (Å²) in [7, 11) is 0. The number of para-hydroxylation sites is 1. The average molecular weight is 369 g/mol. The molecule has 0 saturated heterocycles. The van der Waals surface area contributed by atoms with Gasteiger partial charge in [-0.3, -0.25) is 4.99 Å². The van der Waals surface area contributed by atoms with Crippen molar-refractivity contribution in [2.75, 3.05) is 13.1 Å². The first-order chi connectivity index (χ1) is 13.1. The monoisotopic (exact) mass is 369 g/mol. The van der Waals surface area contributed by atoms with Gasteiger partial charge in [0.25, 0.3) is 0 Å². The lowest BCUT2D eigenvalue weighted by molar-refractivity contribution is 0.372. The van der Waals surface area contributed by atoms with Crippen LogP contribution >= 0.6 is 0 Å². The van der Waals surface area contributed by atoms with E-state index in [-0.39, 0.29) is 12.0 Å². The number of aliphatic imine (C=N–C) groups is 1. The van der Waals surface area contributed by atoms with Crippen LogP contribution in [-0.4, -0.2) is 29.2 Å². The van der Waals surface area contributed by atoms with Gasteiger partial charge >= 0.3 is 0 Å². The van der Waals surface area contributed by atoms with Crippen LogP contribution in [0.25, 0.3) is 11.0 Å². The Hall–Kier alpha value is -2.83. The fourth-order valence-electron chi connectivity index (χ4n) is 2.68. The summed E-state index contributed by atoms with van der Waals surface area (Å²) < 4.78 is 11.2. The fourth-order valence-corrected chi connectivity index (χ4v) is 2.68. The van der Waals surface area contributed by atoms with Crippen LogP contribution in [0, 0.1) is 0 Å². The molecule has 1 aromatic carbocycles. The van der Waals surface area contributed by atoms with Gasteiger partial charge in [0.05, 0.1) is 12.6 Å². The largest absolute Gasteiger partial charge is 0.459 e. The Kier molecular flexibility index (Phi) is 6.11. The van der Waals surface area contributed by atoms with Gasteiger partial charge in [-0.1, -0.05) is 37.2 Å². The van der Waals surface area contributed by atoms with Gasteiger partial charge in [0.2, 0.25) is 5.89 Å². The molecule has 1 unspecified atom stereocenters. The number of furan rings is 1. The van der Waals surface area contributed by atoms with Crippen LogP contribution < -0.4 is 10.6 Å². The van der Waals surface area contributed by atoms with E-state index in [0.29, 0.717) is 18.9 Å². The SMILES string of the molecule is CCNC(=NCCc1nc(C(C)C)no1)NC(C)c1cc2ccccc2o1. The highest BCUT2D eigenvalue weighted by molar-refractivity contribution is 5.81. The average Bonchev–Trinajstić information content (AvgIpc) is 3.28. The lowest BCUT2D eigenvalue weighted by atomic mass is 10.2. The normalized spacial score (nSPS) is 13.3. The van der Waals surface area contributed by atoms with Crippen LogP contribution in [0.5, 0.6) is 0 Å². The fraction of sp³-hybridized carbons (Fsp3) is 0.450. The maximum Gasteiger partial charge on any atom is 0.228 e. The number of fused-ring (bicyclic) bond motifs is 1. The number of hydrogen-bond acceptors (Lipinski definition) is 5. The molecule has 144 valence electrons. The molecule has 0 aliphatic heterocycles. The second-order valence-electron chi connectivity index (χ2n) is 6.76. The summed E-state index contributed by atoms with van der Waals surface area (Å²) in [5.74, 6) is 3.21. The van der Waals surface area contributed by atoms with Gasteiger partial charge in [0.15, 0.2) is 11.8 Å². The second-order valence-corrected chi connectivity index (χ2v) is 6.76. The van der Waals surface area contributed by atoms with Crippen molar-refractivity contribution >= 4 is 16.9 Å². The van der Waals surface area contributed by atoms with Crippen LogP contribution in [-0.2, 0) is 6.42 Å². The van der Waals surface area contributed by atoms with Gasteiger partial charge in [-0.2, -0.15) is 4.98 Å². The summed E-state index contributed by atoms with van der Waals surface area (Å²) in [5.41, 5.74) is 0.889. The van der Waals surface area contributed by atoms with Gasteiger partial charge in [-0.05, 0) is 26.0 Å². The van der Waals surface area contributed by atoms with E-state index in [1.54, 1.807) is 0 Å². The molecule has 2 N–H and O–H groups in total. The molecular weight excluding hydrogens is 342 g/mol. The van der Waals surface area contributed by atoms with Crippen molar-refractivity contribution in [1.82, 2.24) is 20.8 Å². The number of hydrogen-bond donors (Lipinski definition) is 2. The highest BCUT2D eigenvalue weighted by Gasteiger charge is 2.13. The molecular formula is C20H27N5O2. The second kappa shape index (κ2) is 8.70. The van der Waals surface area contributed by atoms with Crippen LogP contribution in [0.2, 0.25) is 0 Å². The van der Waals surface area contributed by atoms with E-state index in [0.717, 1.165) is 35.1 Å². The van der Waals surface area contributed by atoms with E-state index in [2.05, 4.69) is 38.8 Å². The molecule has 3 rings (SSSR count). The molecule has 0 radical (unpaired) electrons. The third-order valence-electron chi connectivity index (χ3n) is 4.16. The molecule has 0 saturated carbocycles. The number of rotatable bonds is 7. The van der Waals surface area contributed by atoms with Crippen molar-refractivity contribution in [3.8, 4) is 0 Å². The first-order valence-corrected chi connectivity index (χ1v) is 9.42. The van der Waals surface area contributed by atoms with E-state index in [1.807, 2.05) is 45.0 Å². The molecule has 0 amide bonds. The van der Waals surface area contributed by atoms with Crippen molar-refractivity contribution in [2.45, 2.75) is 46.1 Å². The molecule has 0 spiro atoms. The highest BCUT2D eigenvalue weighted by atomic mass is 16.5. The summed E-state index contributed by atoms with van der Waals surface area (Å²) in [6.45, 7) is 9.50. The summed E-state index contributed by atoms with van der Waals surface area (Å²) >= 11 is 0. The highest BCUT2D eigenvalue weighted by Crippen LogP contribution is 2.23. The van der Waals surface area contributed by atoms with Gasteiger partial charge in [0, 0.05) is 24.3 Å². The van der Waals surface area contributed by atoms with E-state index in [1.165, 1.54) is 0 Å². The maximum absolute atomic E-state index is 5.93. The summed E-state index contributed by atoms with van der Waals surface area (Å²) in [6, 6.07) is 10.0. The van der Waals surface area contributed by atoms with E-state index >= 15 is 0 Å². The van der Waals surface area contributed by atoms with E-state index in [9.17, 15) is 0 Å². The quantitative estimate of drug-likeness (QED) is 0.486. The van der Waals surface area contributed by atoms with Crippen LogP contribution in [0.4, 0.5) is 0 Å². The number of nitrogens with zero attached hydrogens (tertiary/aromatic N) is 3. The number of guanidine groups is 1. The minimum absolute atomic E-state index is 0.00820. The smallest absolute Gasteiger partial charge is 0.228 e. The maximum atomic E-state index is 5.93. The Morgan fingerprint density at radius 2 is 2.04 bits per heavy atom. The van der Waals surface area contributed by atoms with Gasteiger partial charge in [-0.25, -0.2) is 0 Å². The van der Waals surface area contributed by atoms with Gasteiger partial charge in [-0.15, -0.1) is 0 Å². The number of aromatic nitrogens is 2. The van der Waals surface area contributed by atoms with Gasteiger partial charge < -0.3 is 19.6 Å². The predicted octanol–water partition coefficient (Wildman–Crippen LogP) is 3.80. The Morgan fingerprint density at radius 3 is 2.74 bits per heavy atom. The van der Waals surface area contributed by atoms with Crippen molar-refractivity contribution in [2.24, 2.45) is 4.99 Å². The molecule has 2 aromatic heterocycles. The number of nitrogens with one attached hydrogen (secondary N) is 2. The molecule has 7 heteroatoms. The Labute approximate surface area is 159 Å². The Balaban J connectivity index is 1.62. The zero-order valence-corrected chi connectivity index (χ0v) is 16.3. The zero-order valence-electron chi connectivity index (χ0n) is 16.3. The zero-order chi connectivity index (χ0) is 19.2. The van der Waals surface area contributed by atoms with Gasteiger partial charge in [0.1, 0.15) is 11.3 Å². The Bertz CT molecular complexity index is 864. The predicted molar refractivity (Wildman–Crippen MR) is 106 cm³/mol. The minimum Gasteiger partial charge on any atom is -0.459 e. The molecule has 0 bridgehead atoms. The first-order valence-electron chi connectivity index (χ1n) is 9.42. The topological polar surface area (TPSA) is 88.5 Å². The Morgan fingerprint density at radius 1 is 1.22 bits per heavy atom. The molecule has 1 atom stereocenters. The van der Waals surface area contributed by atoms with Crippen molar-refractivity contribution in [1.29, 1.82) is 0 Å². The first kappa shape index (κ1) is 18.9. The molecule has 2 heterocycles. The lowest BCUT2D eigenvalue weighted by Gasteiger charge is -2.15. The summed E-state index contributed by atoms with van der Waals surface area (Å²) in [4.78, 5) is 8.99. The molecule has 0 aliphatic carbocycles. The molecule has 0 fully saturated rings. The molecule has 7 nitrogen and oxygen atoms in total. The molecule has 0 aliphatic rings. The third-order valence-corrected chi connectivity index (χ3v) is 4.16. The summed E-state index contributed by atoms with van der Waals surface area (Å²) in [5, 5.41) is 11.7. The van der Waals surface area contributed by atoms with Crippen molar-refractivity contribution < 1.29 is 8.94 Å². The lowest BCUT2D eigenvalue weighted by Crippen LogP contribution is -2.38. The minimum atomic E-state index is -0.00820. The third kappa shape index (κ3) is 4.87. The van der Waals surface area contributed by atoms with Crippen LogP contribution in [0.1, 0.15) is 57.1 Å². The number of benzene rings is 1. The molecule has 27 heavy (non-hydrogen) atoms. The van der Waals surface area contributed by atoms with E-state index in [4.69, 9.17) is 8.94 Å². The summed E-state index contributed by atoms with van der Waals surface area (Å²) in [6.07, 6.45) is 0.606. The standard InChI is InChI=1S/C20H27N5O2/c1-5-21-20(22-11-10-18-24-19(13(2)3)25-27-18)23-14(4)17-12-15-8-6-7-9-16(15)26-17/h6-9,12-14H,5,10-11H2,1-4H3,(H2,21,22,23). The molecule has 3 aromatic rings. The van der Waals surface area contributed by atoms with Crippen LogP contribution in [0.3, 0.4) is 0 Å². The van der Waals surface area contributed by atoms with Crippen molar-refractivity contribution in [3.63, 3.8) is 0 Å².